The van der Waals surface area contributed by atoms with Crippen molar-refractivity contribution in [3.05, 3.63) is 69.3 Å². The Morgan fingerprint density at radius 2 is 1.96 bits per heavy atom. The molecule has 0 spiro atoms. The van der Waals surface area contributed by atoms with E-state index in [1.807, 2.05) is 17.0 Å². The Bertz CT molecular complexity index is 878. The number of anilines is 1. The number of piperidine rings is 1. The fourth-order valence-electron chi connectivity index (χ4n) is 4.33. The highest BCUT2D eigenvalue weighted by Gasteiger charge is 2.45. The van der Waals surface area contributed by atoms with Gasteiger partial charge in [-0.05, 0) is 30.7 Å². The fourth-order valence-corrected chi connectivity index (χ4v) is 4.33. The first-order chi connectivity index (χ1) is 12.5. The number of likely N-dealkylation sites (tertiary alicyclic amines) is 1. The largest absolute Gasteiger partial charge is 0.337 e. The van der Waals surface area contributed by atoms with Crippen LogP contribution in [-0.2, 0) is 0 Å². The molecule has 4 rings (SSSR count). The zero-order chi connectivity index (χ0) is 18.4. The van der Waals surface area contributed by atoms with Crippen molar-refractivity contribution in [2.24, 2.45) is 0 Å². The molecule has 1 unspecified atom stereocenters. The van der Waals surface area contributed by atoms with E-state index in [0.717, 1.165) is 25.2 Å². The molecule has 1 N–H and O–H groups in total. The van der Waals surface area contributed by atoms with Gasteiger partial charge in [0.15, 0.2) is 0 Å². The molecule has 26 heavy (non-hydrogen) atoms. The second-order valence-electron chi connectivity index (χ2n) is 7.42. The average molecular weight is 352 g/mol. The van der Waals surface area contributed by atoms with E-state index in [0.29, 0.717) is 11.5 Å². The number of non-ortho nitro benzene ring substituents is 1. The number of carbonyl (C=O) groups excluding carboxylic acids is 1. The number of aryl methyl sites for hydroxylation is 1. The maximum Gasteiger partial charge on any atom is 0.269 e. The van der Waals surface area contributed by atoms with Gasteiger partial charge in [0.25, 0.3) is 11.6 Å². The molecule has 0 bridgehead atoms. The monoisotopic (exact) mass is 352 g/mol. The number of amides is 1. The summed E-state index contributed by atoms with van der Waals surface area (Å²) in [4.78, 5) is 27.1. The molecule has 2 heterocycles. The molecule has 134 valence electrons. The standard InChI is InChI=1S/C20H21N3O3/c1-13-3-8-18-16(11-13)17-12-21(2)10-9-19(17)22(18)20(24)14-4-6-15(7-5-14)23(25)26/h3-8,11,17,19H,9-10,12H2,1-2H3/p+1/t17-,19+/m0/s1. The number of nitro groups is 1. The Morgan fingerprint density at radius 3 is 2.65 bits per heavy atom. The van der Waals surface area contributed by atoms with E-state index in [-0.39, 0.29) is 17.6 Å². The van der Waals surface area contributed by atoms with Gasteiger partial charge < -0.3 is 9.80 Å². The third kappa shape index (κ3) is 2.66. The molecule has 2 aliphatic heterocycles. The highest BCUT2D eigenvalue weighted by Crippen LogP contribution is 2.43. The Morgan fingerprint density at radius 1 is 1.23 bits per heavy atom. The van der Waals surface area contributed by atoms with Crippen molar-refractivity contribution in [2.45, 2.75) is 25.3 Å². The molecule has 0 aromatic heterocycles. The molecule has 2 aromatic rings. The maximum absolute atomic E-state index is 13.3. The van der Waals surface area contributed by atoms with Crippen LogP contribution in [0, 0.1) is 17.0 Å². The maximum atomic E-state index is 13.3. The first kappa shape index (κ1) is 16.7. The van der Waals surface area contributed by atoms with Crippen LogP contribution in [0.2, 0.25) is 0 Å². The van der Waals surface area contributed by atoms with Crippen LogP contribution in [0.15, 0.2) is 42.5 Å². The van der Waals surface area contributed by atoms with E-state index in [1.165, 1.54) is 28.2 Å². The highest BCUT2D eigenvalue weighted by molar-refractivity contribution is 6.08. The molecule has 1 saturated heterocycles. The van der Waals surface area contributed by atoms with E-state index < -0.39 is 4.92 Å². The number of quaternary nitrogens is 1. The predicted octanol–water partition coefficient (Wildman–Crippen LogP) is 1.93. The van der Waals surface area contributed by atoms with Gasteiger partial charge in [-0.2, -0.15) is 0 Å². The Kier molecular flexibility index (Phi) is 4.00. The second-order valence-corrected chi connectivity index (χ2v) is 7.42. The van der Waals surface area contributed by atoms with Crippen LogP contribution in [0.5, 0.6) is 0 Å². The molecule has 1 fully saturated rings. The molecular weight excluding hydrogens is 330 g/mol. The topological polar surface area (TPSA) is 67.9 Å². The van der Waals surface area contributed by atoms with E-state index in [1.54, 1.807) is 12.1 Å². The molecule has 0 radical (unpaired) electrons. The summed E-state index contributed by atoms with van der Waals surface area (Å²) >= 11 is 0. The number of hydrogen-bond donors (Lipinski definition) is 1. The number of nitrogens with one attached hydrogen (secondary N) is 1. The summed E-state index contributed by atoms with van der Waals surface area (Å²) in [6, 6.07) is 12.4. The minimum Gasteiger partial charge on any atom is -0.337 e. The number of nitro benzene ring substituents is 1. The zero-order valence-corrected chi connectivity index (χ0v) is 14.9. The van der Waals surface area contributed by atoms with Crippen LogP contribution in [0.25, 0.3) is 0 Å². The van der Waals surface area contributed by atoms with Gasteiger partial charge in [-0.3, -0.25) is 14.9 Å². The Hall–Kier alpha value is -2.73. The molecule has 0 saturated carbocycles. The summed E-state index contributed by atoms with van der Waals surface area (Å²) in [5, 5.41) is 10.9. The van der Waals surface area contributed by atoms with Crippen molar-refractivity contribution < 1.29 is 14.6 Å². The molecule has 0 aliphatic carbocycles. The van der Waals surface area contributed by atoms with Crippen LogP contribution < -0.4 is 9.80 Å². The van der Waals surface area contributed by atoms with Gasteiger partial charge in [-0.15, -0.1) is 0 Å². The van der Waals surface area contributed by atoms with Crippen LogP contribution in [0.3, 0.4) is 0 Å². The lowest BCUT2D eigenvalue weighted by atomic mass is 9.88. The van der Waals surface area contributed by atoms with Crippen LogP contribution in [-0.4, -0.2) is 37.0 Å². The Balaban J connectivity index is 1.73. The lowest BCUT2D eigenvalue weighted by Crippen LogP contribution is -3.11. The minimum absolute atomic E-state index is 0.000218. The number of nitrogens with zero attached hydrogens (tertiary/aromatic N) is 2. The fraction of sp³-hybridized carbons (Fsp3) is 0.350. The van der Waals surface area contributed by atoms with E-state index in [9.17, 15) is 14.9 Å². The van der Waals surface area contributed by atoms with Gasteiger partial charge in [0, 0.05) is 29.8 Å². The highest BCUT2D eigenvalue weighted by atomic mass is 16.6. The molecule has 3 atom stereocenters. The summed E-state index contributed by atoms with van der Waals surface area (Å²) in [6.45, 7) is 4.14. The van der Waals surface area contributed by atoms with Crippen molar-refractivity contribution in [1.29, 1.82) is 0 Å². The first-order valence-corrected chi connectivity index (χ1v) is 8.95. The quantitative estimate of drug-likeness (QED) is 0.663. The van der Waals surface area contributed by atoms with Gasteiger partial charge in [-0.1, -0.05) is 17.7 Å². The predicted molar refractivity (Wildman–Crippen MR) is 98.9 cm³/mol. The normalized spacial score (nSPS) is 24.1. The summed E-state index contributed by atoms with van der Waals surface area (Å²) in [5.74, 6) is 0.276. The van der Waals surface area contributed by atoms with E-state index in [4.69, 9.17) is 0 Å². The van der Waals surface area contributed by atoms with Crippen LogP contribution in [0.1, 0.15) is 33.8 Å². The molecule has 2 aromatic carbocycles. The van der Waals surface area contributed by atoms with Gasteiger partial charge >= 0.3 is 0 Å². The van der Waals surface area contributed by atoms with Crippen molar-refractivity contribution in [2.75, 3.05) is 25.0 Å². The van der Waals surface area contributed by atoms with Crippen molar-refractivity contribution in [3.8, 4) is 0 Å². The lowest BCUT2D eigenvalue weighted by molar-refractivity contribution is -0.886. The number of likely N-dealkylation sites (N-methyl/N-ethyl adjacent to an activating group) is 1. The minimum atomic E-state index is -0.446. The zero-order valence-electron chi connectivity index (χ0n) is 14.9. The molecular formula is C20H22N3O3+. The van der Waals surface area contributed by atoms with Crippen molar-refractivity contribution in [1.82, 2.24) is 0 Å². The summed E-state index contributed by atoms with van der Waals surface area (Å²) in [5.41, 5.74) is 3.94. The van der Waals surface area contributed by atoms with E-state index in [2.05, 4.69) is 20.0 Å². The summed E-state index contributed by atoms with van der Waals surface area (Å²) < 4.78 is 0. The number of hydrogen-bond acceptors (Lipinski definition) is 3. The van der Waals surface area contributed by atoms with Crippen molar-refractivity contribution in [3.63, 3.8) is 0 Å². The SMILES string of the molecule is Cc1ccc2c(c1)[C@@H]1C[NH+](C)CC[C@H]1N2C(=O)c1ccc([N+](=O)[O-])cc1. The third-order valence-corrected chi connectivity index (χ3v) is 5.62. The van der Waals surface area contributed by atoms with Gasteiger partial charge in [0.05, 0.1) is 37.0 Å². The Labute approximate surface area is 152 Å². The number of carbonyl (C=O) groups is 1. The number of rotatable bonds is 2. The third-order valence-electron chi connectivity index (χ3n) is 5.62. The van der Waals surface area contributed by atoms with Gasteiger partial charge in [0.1, 0.15) is 0 Å². The van der Waals surface area contributed by atoms with Gasteiger partial charge in [-0.25, -0.2) is 0 Å². The van der Waals surface area contributed by atoms with Crippen LogP contribution >= 0.6 is 0 Å². The number of fused-ring (bicyclic) bond motifs is 3. The lowest BCUT2D eigenvalue weighted by Gasteiger charge is -2.34. The van der Waals surface area contributed by atoms with Gasteiger partial charge in [0.2, 0.25) is 0 Å². The molecule has 6 heteroatoms. The van der Waals surface area contributed by atoms with Crippen LogP contribution in [0.4, 0.5) is 11.4 Å². The first-order valence-electron chi connectivity index (χ1n) is 8.95. The molecule has 6 nitrogen and oxygen atoms in total. The summed E-state index contributed by atoms with van der Waals surface area (Å²) in [6.07, 6.45) is 0.961. The average Bonchev–Trinajstić information content (AvgIpc) is 2.94. The van der Waals surface area contributed by atoms with Crippen molar-refractivity contribution >= 4 is 17.3 Å². The second kappa shape index (κ2) is 6.21. The summed E-state index contributed by atoms with van der Waals surface area (Å²) in [7, 11) is 2.20. The molecule has 1 amide bonds. The number of benzene rings is 2. The van der Waals surface area contributed by atoms with E-state index >= 15 is 0 Å². The molecule has 2 aliphatic rings. The smallest absolute Gasteiger partial charge is 0.269 e.